The van der Waals surface area contributed by atoms with Crippen LogP contribution in [0.15, 0.2) is 54.6 Å². The van der Waals surface area contributed by atoms with Crippen LogP contribution >= 0.6 is 0 Å². The Morgan fingerprint density at radius 1 is 1.09 bits per heavy atom. The van der Waals surface area contributed by atoms with Crippen molar-refractivity contribution >= 4 is 5.91 Å². The summed E-state index contributed by atoms with van der Waals surface area (Å²) in [6, 6.07) is 16.3. The van der Waals surface area contributed by atoms with Crippen molar-refractivity contribution in [2.75, 3.05) is 6.54 Å². The molecule has 0 fully saturated rings. The van der Waals surface area contributed by atoms with Gasteiger partial charge >= 0.3 is 0 Å². The largest absolute Gasteiger partial charge is 0.508 e. The first-order valence-electron chi connectivity index (χ1n) is 7.80. The third-order valence-corrected chi connectivity index (χ3v) is 3.80. The number of carbonyl (C=O) groups is 1. The average molecular weight is 313 g/mol. The summed E-state index contributed by atoms with van der Waals surface area (Å²) in [5.74, 6) is 0.0924. The lowest BCUT2D eigenvalue weighted by atomic mass is 9.92. The van der Waals surface area contributed by atoms with Crippen molar-refractivity contribution in [2.45, 2.75) is 31.8 Å². The van der Waals surface area contributed by atoms with Gasteiger partial charge in [-0.1, -0.05) is 42.5 Å². The van der Waals surface area contributed by atoms with Crippen LogP contribution in [-0.2, 0) is 16.8 Å². The van der Waals surface area contributed by atoms with Crippen molar-refractivity contribution in [1.29, 1.82) is 0 Å². The summed E-state index contributed by atoms with van der Waals surface area (Å²) in [4.78, 5) is 12.0. The molecule has 1 unspecified atom stereocenters. The van der Waals surface area contributed by atoms with Crippen LogP contribution in [0.3, 0.4) is 0 Å². The first-order chi connectivity index (χ1) is 11.0. The van der Waals surface area contributed by atoms with E-state index in [1.165, 1.54) is 0 Å². The Kier molecular flexibility index (Phi) is 5.77. The SMILES string of the molecule is CC(O)(CC(=O)NCCCc1ccc(O)cc1)c1ccccc1. The number of nitrogens with one attached hydrogen (secondary N) is 1. The summed E-state index contributed by atoms with van der Waals surface area (Å²) < 4.78 is 0. The molecular weight excluding hydrogens is 290 g/mol. The van der Waals surface area contributed by atoms with Crippen LogP contribution in [0.25, 0.3) is 0 Å². The molecule has 0 aliphatic carbocycles. The fourth-order valence-electron chi connectivity index (χ4n) is 2.46. The van der Waals surface area contributed by atoms with Crippen molar-refractivity contribution in [3.8, 4) is 5.75 Å². The maximum atomic E-state index is 12.0. The van der Waals surface area contributed by atoms with Crippen LogP contribution in [0.5, 0.6) is 5.75 Å². The van der Waals surface area contributed by atoms with Gasteiger partial charge in [-0.15, -0.1) is 0 Å². The van der Waals surface area contributed by atoms with E-state index in [9.17, 15) is 15.0 Å². The van der Waals surface area contributed by atoms with Crippen LogP contribution in [0.1, 0.15) is 30.9 Å². The number of aryl methyl sites for hydroxylation is 1. The van der Waals surface area contributed by atoms with Crippen LogP contribution in [0, 0.1) is 0 Å². The number of phenols is 1. The molecule has 0 aliphatic rings. The van der Waals surface area contributed by atoms with E-state index in [1.807, 2.05) is 42.5 Å². The van der Waals surface area contributed by atoms with Gasteiger partial charge in [-0.2, -0.15) is 0 Å². The number of hydrogen-bond donors (Lipinski definition) is 3. The smallest absolute Gasteiger partial charge is 0.223 e. The molecule has 2 aromatic rings. The van der Waals surface area contributed by atoms with E-state index >= 15 is 0 Å². The first kappa shape index (κ1) is 17.0. The first-order valence-corrected chi connectivity index (χ1v) is 7.80. The maximum Gasteiger partial charge on any atom is 0.223 e. The molecule has 23 heavy (non-hydrogen) atoms. The molecule has 0 aromatic heterocycles. The third-order valence-electron chi connectivity index (χ3n) is 3.80. The number of rotatable bonds is 7. The highest BCUT2D eigenvalue weighted by Gasteiger charge is 2.26. The van der Waals surface area contributed by atoms with Gasteiger partial charge < -0.3 is 15.5 Å². The zero-order valence-corrected chi connectivity index (χ0v) is 13.3. The Balaban J connectivity index is 1.73. The fourth-order valence-corrected chi connectivity index (χ4v) is 2.46. The second kappa shape index (κ2) is 7.79. The van der Waals surface area contributed by atoms with Crippen molar-refractivity contribution < 1.29 is 15.0 Å². The van der Waals surface area contributed by atoms with Crippen LogP contribution in [0.2, 0.25) is 0 Å². The summed E-state index contributed by atoms with van der Waals surface area (Å²) in [5, 5.41) is 22.5. The molecule has 0 heterocycles. The maximum absolute atomic E-state index is 12.0. The lowest BCUT2D eigenvalue weighted by molar-refractivity contribution is -0.125. The Hall–Kier alpha value is -2.33. The summed E-state index contributed by atoms with van der Waals surface area (Å²) >= 11 is 0. The average Bonchev–Trinajstić information content (AvgIpc) is 2.54. The number of hydrogen-bond acceptors (Lipinski definition) is 3. The minimum atomic E-state index is -1.16. The van der Waals surface area contributed by atoms with Gasteiger partial charge in [0.1, 0.15) is 5.75 Å². The summed E-state index contributed by atoms with van der Waals surface area (Å²) in [7, 11) is 0. The number of carbonyl (C=O) groups excluding carboxylic acids is 1. The van der Waals surface area contributed by atoms with E-state index in [0.29, 0.717) is 6.54 Å². The van der Waals surface area contributed by atoms with Gasteiger partial charge in [-0.25, -0.2) is 0 Å². The second-order valence-corrected chi connectivity index (χ2v) is 5.94. The zero-order chi connectivity index (χ0) is 16.7. The molecule has 4 nitrogen and oxygen atoms in total. The summed E-state index contributed by atoms with van der Waals surface area (Å²) in [6.07, 6.45) is 1.68. The van der Waals surface area contributed by atoms with Gasteiger partial charge in [-0.3, -0.25) is 4.79 Å². The van der Waals surface area contributed by atoms with Crippen molar-refractivity contribution in [2.24, 2.45) is 0 Å². The molecule has 0 bridgehead atoms. The molecule has 1 amide bonds. The second-order valence-electron chi connectivity index (χ2n) is 5.94. The van der Waals surface area contributed by atoms with Gasteiger partial charge in [0.15, 0.2) is 0 Å². The Bertz CT molecular complexity index is 621. The van der Waals surface area contributed by atoms with Gasteiger partial charge in [0, 0.05) is 6.54 Å². The van der Waals surface area contributed by atoms with Gasteiger partial charge in [-0.05, 0) is 43.0 Å². The van der Waals surface area contributed by atoms with Crippen LogP contribution in [-0.4, -0.2) is 22.7 Å². The quantitative estimate of drug-likeness (QED) is 0.688. The van der Waals surface area contributed by atoms with E-state index in [0.717, 1.165) is 24.0 Å². The molecule has 0 radical (unpaired) electrons. The van der Waals surface area contributed by atoms with Crippen molar-refractivity contribution in [3.63, 3.8) is 0 Å². The predicted octanol–water partition coefficient (Wildman–Crippen LogP) is 2.74. The molecular formula is C19H23NO3. The molecule has 2 aromatic carbocycles. The monoisotopic (exact) mass is 313 g/mol. The highest BCUT2D eigenvalue weighted by atomic mass is 16.3. The van der Waals surface area contributed by atoms with E-state index < -0.39 is 5.60 Å². The number of aromatic hydroxyl groups is 1. The van der Waals surface area contributed by atoms with Gasteiger partial charge in [0.25, 0.3) is 0 Å². The predicted molar refractivity (Wildman–Crippen MR) is 90.1 cm³/mol. The minimum Gasteiger partial charge on any atom is -0.508 e. The molecule has 0 spiro atoms. The summed E-state index contributed by atoms with van der Waals surface area (Å²) in [5.41, 5.74) is 0.690. The van der Waals surface area contributed by atoms with E-state index in [-0.39, 0.29) is 18.1 Å². The number of benzene rings is 2. The number of aliphatic hydroxyl groups is 1. The lowest BCUT2D eigenvalue weighted by Crippen LogP contribution is -2.33. The highest BCUT2D eigenvalue weighted by Crippen LogP contribution is 2.23. The van der Waals surface area contributed by atoms with Crippen molar-refractivity contribution in [3.05, 3.63) is 65.7 Å². The molecule has 1 atom stereocenters. The Labute approximate surface area is 136 Å². The molecule has 0 saturated heterocycles. The third kappa shape index (κ3) is 5.42. The van der Waals surface area contributed by atoms with Crippen LogP contribution < -0.4 is 5.32 Å². The van der Waals surface area contributed by atoms with Crippen molar-refractivity contribution in [1.82, 2.24) is 5.32 Å². The topological polar surface area (TPSA) is 69.6 Å². The van der Waals surface area contributed by atoms with Gasteiger partial charge in [0.2, 0.25) is 5.91 Å². The van der Waals surface area contributed by atoms with E-state index in [1.54, 1.807) is 19.1 Å². The highest BCUT2D eigenvalue weighted by molar-refractivity contribution is 5.77. The van der Waals surface area contributed by atoms with E-state index in [2.05, 4.69) is 5.32 Å². The van der Waals surface area contributed by atoms with E-state index in [4.69, 9.17) is 0 Å². The standard InChI is InChI=1S/C19H23NO3/c1-19(23,16-7-3-2-4-8-16)14-18(22)20-13-5-6-15-9-11-17(21)12-10-15/h2-4,7-12,21,23H,5-6,13-14H2,1H3,(H,20,22). The van der Waals surface area contributed by atoms with Crippen LogP contribution in [0.4, 0.5) is 0 Å². The van der Waals surface area contributed by atoms with Gasteiger partial charge in [0.05, 0.1) is 12.0 Å². The number of phenolic OH excluding ortho intramolecular Hbond substituents is 1. The lowest BCUT2D eigenvalue weighted by Gasteiger charge is -2.23. The number of amides is 1. The molecule has 3 N–H and O–H groups in total. The Morgan fingerprint density at radius 3 is 2.39 bits per heavy atom. The summed E-state index contributed by atoms with van der Waals surface area (Å²) in [6.45, 7) is 2.21. The zero-order valence-electron chi connectivity index (χ0n) is 13.3. The molecule has 2 rings (SSSR count). The normalized spacial score (nSPS) is 13.3. The fraction of sp³-hybridized carbons (Fsp3) is 0.316. The molecule has 4 heteroatoms. The molecule has 0 aliphatic heterocycles. The Morgan fingerprint density at radius 2 is 1.74 bits per heavy atom. The molecule has 0 saturated carbocycles. The minimum absolute atomic E-state index is 0.0379. The molecule has 122 valence electrons.